The number of amides is 1. The highest BCUT2D eigenvalue weighted by atomic mass is 32.2. The number of likely N-dealkylation sites (tertiary alicyclic amines) is 1. The van der Waals surface area contributed by atoms with Crippen LogP contribution in [0.15, 0.2) is 60.7 Å². The smallest absolute Gasteiger partial charge is 0.281 e. The topological polar surface area (TPSA) is 60.9 Å². The van der Waals surface area contributed by atoms with Crippen molar-refractivity contribution in [2.75, 3.05) is 33.7 Å². The van der Waals surface area contributed by atoms with Crippen molar-refractivity contribution >= 4 is 16.1 Å². The van der Waals surface area contributed by atoms with Gasteiger partial charge in [-0.3, -0.25) is 4.79 Å². The van der Waals surface area contributed by atoms with Crippen LogP contribution in [0.25, 0.3) is 0 Å². The van der Waals surface area contributed by atoms with Crippen molar-refractivity contribution in [1.29, 1.82) is 0 Å². The maximum atomic E-state index is 13.2. The van der Waals surface area contributed by atoms with Gasteiger partial charge in [0.1, 0.15) is 0 Å². The highest BCUT2D eigenvalue weighted by molar-refractivity contribution is 7.86. The van der Waals surface area contributed by atoms with Crippen LogP contribution < -0.4 is 0 Å². The van der Waals surface area contributed by atoms with Crippen LogP contribution in [0.4, 0.5) is 0 Å². The van der Waals surface area contributed by atoms with E-state index in [1.165, 1.54) is 4.31 Å². The van der Waals surface area contributed by atoms with Crippen LogP contribution in [-0.4, -0.2) is 61.6 Å². The summed E-state index contributed by atoms with van der Waals surface area (Å²) >= 11 is 0. The number of hydrogen-bond donors (Lipinski definition) is 0. The van der Waals surface area contributed by atoms with Gasteiger partial charge in [0.2, 0.25) is 0 Å². The van der Waals surface area contributed by atoms with Crippen LogP contribution in [0, 0.1) is 11.8 Å². The molecule has 0 unspecified atom stereocenters. The summed E-state index contributed by atoms with van der Waals surface area (Å²) in [4.78, 5) is 15.2. The molecule has 148 valence electrons. The minimum absolute atomic E-state index is 0.00543. The van der Waals surface area contributed by atoms with E-state index in [0.717, 1.165) is 5.56 Å². The van der Waals surface area contributed by atoms with E-state index in [1.807, 2.05) is 65.6 Å². The van der Waals surface area contributed by atoms with E-state index in [0.29, 0.717) is 25.2 Å². The molecule has 0 saturated carbocycles. The fourth-order valence-corrected chi connectivity index (χ4v) is 5.66. The second kappa shape index (κ2) is 7.31. The van der Waals surface area contributed by atoms with Crippen LogP contribution >= 0.6 is 0 Å². The summed E-state index contributed by atoms with van der Waals surface area (Å²) in [6, 6.07) is 19.1. The van der Waals surface area contributed by atoms with E-state index < -0.39 is 10.2 Å². The molecule has 0 N–H and O–H groups in total. The van der Waals surface area contributed by atoms with E-state index >= 15 is 0 Å². The monoisotopic (exact) mass is 399 g/mol. The minimum atomic E-state index is -3.45. The van der Waals surface area contributed by atoms with Crippen molar-refractivity contribution in [2.45, 2.75) is 6.04 Å². The van der Waals surface area contributed by atoms with Gasteiger partial charge in [0.15, 0.2) is 0 Å². The summed E-state index contributed by atoms with van der Waals surface area (Å²) in [5.41, 5.74) is 1.73. The third kappa shape index (κ3) is 3.23. The average Bonchev–Trinajstić information content (AvgIpc) is 3.27. The number of benzene rings is 2. The third-order valence-electron chi connectivity index (χ3n) is 5.84. The first-order valence-corrected chi connectivity index (χ1v) is 10.9. The molecule has 1 amide bonds. The Balaban J connectivity index is 1.67. The predicted molar refractivity (Wildman–Crippen MR) is 108 cm³/mol. The molecule has 4 rings (SSSR count). The molecule has 0 aromatic heterocycles. The number of carbonyl (C=O) groups excluding carboxylic acids is 1. The zero-order chi connectivity index (χ0) is 19.9. The Labute approximate surface area is 166 Å². The average molecular weight is 400 g/mol. The Morgan fingerprint density at radius 3 is 2.14 bits per heavy atom. The quantitative estimate of drug-likeness (QED) is 0.792. The molecule has 2 aliphatic rings. The molecule has 0 bridgehead atoms. The summed E-state index contributed by atoms with van der Waals surface area (Å²) in [6.07, 6.45) is 0. The summed E-state index contributed by atoms with van der Waals surface area (Å²) in [5, 5.41) is 0. The molecule has 7 heteroatoms. The Morgan fingerprint density at radius 1 is 0.929 bits per heavy atom. The van der Waals surface area contributed by atoms with Gasteiger partial charge in [-0.15, -0.1) is 0 Å². The number of nitrogens with zero attached hydrogens (tertiary/aromatic N) is 3. The van der Waals surface area contributed by atoms with E-state index in [9.17, 15) is 13.2 Å². The van der Waals surface area contributed by atoms with Crippen LogP contribution in [0.2, 0.25) is 0 Å². The SMILES string of the molecule is CN(C)S(=O)(=O)N1C[C@H]2CN(C(=O)c3ccccc3)[C@H](c3ccccc3)[C@H]2C1. The standard InChI is InChI=1S/C21H25N3O3S/c1-22(2)28(26,27)23-13-18-14-24(21(25)17-11-7-4-8-12-17)20(19(18)15-23)16-9-5-3-6-10-16/h3-12,18-20H,13-15H2,1-2H3/t18-,19-,20+/m0/s1. The minimum Gasteiger partial charge on any atom is -0.331 e. The molecule has 2 aromatic carbocycles. The van der Waals surface area contributed by atoms with Gasteiger partial charge in [-0.1, -0.05) is 48.5 Å². The molecule has 2 aromatic rings. The highest BCUT2D eigenvalue weighted by Crippen LogP contribution is 2.46. The Hall–Kier alpha value is -2.22. The molecule has 6 nitrogen and oxygen atoms in total. The number of rotatable bonds is 4. The van der Waals surface area contributed by atoms with Gasteiger partial charge in [-0.05, 0) is 23.6 Å². The van der Waals surface area contributed by atoms with Crippen molar-refractivity contribution < 1.29 is 13.2 Å². The first-order valence-electron chi connectivity index (χ1n) is 9.48. The molecule has 2 aliphatic heterocycles. The summed E-state index contributed by atoms with van der Waals surface area (Å²) < 4.78 is 28.1. The zero-order valence-corrected chi connectivity index (χ0v) is 16.9. The molecule has 0 aliphatic carbocycles. The Morgan fingerprint density at radius 2 is 1.54 bits per heavy atom. The van der Waals surface area contributed by atoms with E-state index in [4.69, 9.17) is 0 Å². The van der Waals surface area contributed by atoms with Gasteiger partial charge in [-0.2, -0.15) is 17.0 Å². The maximum absolute atomic E-state index is 13.2. The number of fused-ring (bicyclic) bond motifs is 1. The molecular weight excluding hydrogens is 374 g/mol. The second-order valence-corrected chi connectivity index (χ2v) is 9.85. The fraction of sp³-hybridized carbons (Fsp3) is 0.381. The lowest BCUT2D eigenvalue weighted by atomic mass is 9.89. The third-order valence-corrected chi connectivity index (χ3v) is 7.71. The molecule has 3 atom stereocenters. The molecule has 0 spiro atoms. The molecule has 2 heterocycles. The molecule has 2 fully saturated rings. The van der Waals surface area contributed by atoms with Gasteiger partial charge in [0.05, 0.1) is 6.04 Å². The van der Waals surface area contributed by atoms with Crippen molar-refractivity contribution in [3.8, 4) is 0 Å². The normalized spacial score (nSPS) is 25.2. The van der Waals surface area contributed by atoms with Crippen molar-refractivity contribution in [2.24, 2.45) is 11.8 Å². The fourth-order valence-electron chi connectivity index (χ4n) is 4.46. The van der Waals surface area contributed by atoms with Crippen LogP contribution in [0.3, 0.4) is 0 Å². The van der Waals surface area contributed by atoms with Gasteiger partial charge in [-0.25, -0.2) is 0 Å². The molecule has 2 saturated heterocycles. The molecule has 28 heavy (non-hydrogen) atoms. The van der Waals surface area contributed by atoms with Gasteiger partial charge >= 0.3 is 0 Å². The summed E-state index contributed by atoms with van der Waals surface area (Å²) in [6.45, 7) is 1.45. The van der Waals surface area contributed by atoms with Crippen LogP contribution in [0.5, 0.6) is 0 Å². The van der Waals surface area contributed by atoms with Gasteiger partial charge in [0.25, 0.3) is 16.1 Å². The second-order valence-electron chi connectivity index (χ2n) is 7.71. The predicted octanol–water partition coefficient (Wildman–Crippen LogP) is 2.24. The molecule has 0 radical (unpaired) electrons. The van der Waals surface area contributed by atoms with Crippen LogP contribution in [-0.2, 0) is 10.2 Å². The van der Waals surface area contributed by atoms with Gasteiger partial charge < -0.3 is 4.90 Å². The number of hydrogen-bond acceptors (Lipinski definition) is 3. The zero-order valence-electron chi connectivity index (χ0n) is 16.1. The van der Waals surface area contributed by atoms with Crippen LogP contribution in [0.1, 0.15) is 22.0 Å². The number of carbonyl (C=O) groups is 1. The first kappa shape index (κ1) is 19.1. The lowest BCUT2D eigenvalue weighted by Gasteiger charge is -2.30. The van der Waals surface area contributed by atoms with Gasteiger partial charge in [0, 0.05) is 45.2 Å². The first-order chi connectivity index (χ1) is 13.4. The lowest BCUT2D eigenvalue weighted by Crippen LogP contribution is -2.41. The summed E-state index contributed by atoms with van der Waals surface area (Å²) in [5.74, 6) is 0.225. The lowest BCUT2D eigenvalue weighted by molar-refractivity contribution is 0.0708. The van der Waals surface area contributed by atoms with E-state index in [2.05, 4.69) is 0 Å². The largest absolute Gasteiger partial charge is 0.331 e. The maximum Gasteiger partial charge on any atom is 0.281 e. The van der Waals surface area contributed by atoms with Crippen molar-refractivity contribution in [3.05, 3.63) is 71.8 Å². The van der Waals surface area contributed by atoms with E-state index in [-0.39, 0.29) is 23.8 Å². The highest BCUT2D eigenvalue weighted by Gasteiger charge is 2.51. The van der Waals surface area contributed by atoms with Crippen molar-refractivity contribution in [1.82, 2.24) is 13.5 Å². The van der Waals surface area contributed by atoms with Crippen molar-refractivity contribution in [3.63, 3.8) is 0 Å². The Bertz CT molecular complexity index is 947. The Kier molecular flexibility index (Phi) is 4.99. The summed E-state index contributed by atoms with van der Waals surface area (Å²) in [7, 11) is -0.333. The molecular formula is C21H25N3O3S. The van der Waals surface area contributed by atoms with E-state index in [1.54, 1.807) is 18.4 Å².